The molecule has 0 radical (unpaired) electrons. The molecular formula is C23H22N4O5S. The van der Waals surface area contributed by atoms with Gasteiger partial charge in [-0.25, -0.2) is 18.1 Å². The first-order valence-corrected chi connectivity index (χ1v) is 12.3. The maximum absolute atomic E-state index is 13.4. The highest BCUT2D eigenvalue weighted by Crippen LogP contribution is 2.32. The Labute approximate surface area is 190 Å². The van der Waals surface area contributed by atoms with E-state index in [-0.39, 0.29) is 23.5 Å². The van der Waals surface area contributed by atoms with Crippen LogP contribution in [0.15, 0.2) is 53.1 Å². The number of ether oxygens (including phenoxy) is 1. The highest BCUT2D eigenvalue weighted by molar-refractivity contribution is 7.91. The first kappa shape index (κ1) is 21.2. The molecular weight excluding hydrogens is 444 g/mol. The summed E-state index contributed by atoms with van der Waals surface area (Å²) in [5.41, 5.74) is 2.47. The Hall–Kier alpha value is -3.66. The number of anilines is 1. The summed E-state index contributed by atoms with van der Waals surface area (Å²) in [6.45, 7) is 1.79. The third kappa shape index (κ3) is 3.97. The van der Waals surface area contributed by atoms with Crippen molar-refractivity contribution in [2.75, 3.05) is 23.9 Å². The van der Waals surface area contributed by atoms with Gasteiger partial charge in [-0.2, -0.15) is 5.10 Å². The standard InChI is InChI=1S/C23H22N4O5S/c1-14-21-18(23(28)24-15-5-3-6-17(11-15)31-2)12-19(20-7-4-9-32-20)25-22(21)27(26-14)16-8-10-33(29,30)13-16/h3-7,9,11-12,16H,8,10,13H2,1-2H3,(H,24,28)/t16-/m1/s1. The van der Waals surface area contributed by atoms with Crippen molar-refractivity contribution in [1.82, 2.24) is 14.8 Å². The lowest BCUT2D eigenvalue weighted by atomic mass is 10.1. The maximum atomic E-state index is 13.4. The molecule has 170 valence electrons. The molecule has 4 heterocycles. The van der Waals surface area contributed by atoms with Gasteiger partial charge in [0.15, 0.2) is 21.2 Å². The van der Waals surface area contributed by atoms with Crippen molar-refractivity contribution in [3.8, 4) is 17.2 Å². The number of aromatic nitrogens is 3. The Morgan fingerprint density at radius 1 is 1.24 bits per heavy atom. The number of rotatable bonds is 5. The zero-order valence-electron chi connectivity index (χ0n) is 18.1. The number of aryl methyl sites for hydroxylation is 1. The smallest absolute Gasteiger partial charge is 0.256 e. The molecule has 9 nitrogen and oxygen atoms in total. The van der Waals surface area contributed by atoms with Gasteiger partial charge in [-0.15, -0.1) is 0 Å². The van der Waals surface area contributed by atoms with Crippen molar-refractivity contribution < 1.29 is 22.4 Å². The second-order valence-electron chi connectivity index (χ2n) is 8.00. The molecule has 1 aliphatic heterocycles. The quantitative estimate of drug-likeness (QED) is 0.477. The van der Waals surface area contributed by atoms with Crippen molar-refractivity contribution >= 4 is 32.5 Å². The predicted molar refractivity (Wildman–Crippen MR) is 123 cm³/mol. The molecule has 5 rings (SSSR count). The van der Waals surface area contributed by atoms with Crippen LogP contribution in [0.2, 0.25) is 0 Å². The Bertz CT molecular complexity index is 1460. The number of nitrogens with zero attached hydrogens (tertiary/aromatic N) is 3. The number of amides is 1. The average Bonchev–Trinajstić information content (AvgIpc) is 3.52. The zero-order chi connectivity index (χ0) is 23.2. The van der Waals surface area contributed by atoms with E-state index in [2.05, 4.69) is 10.4 Å². The number of fused-ring (bicyclic) bond motifs is 1. The minimum atomic E-state index is -3.13. The number of hydrogen-bond acceptors (Lipinski definition) is 7. The van der Waals surface area contributed by atoms with E-state index in [1.165, 1.54) is 6.26 Å². The van der Waals surface area contributed by atoms with E-state index in [4.69, 9.17) is 14.1 Å². The van der Waals surface area contributed by atoms with Crippen LogP contribution in [0, 0.1) is 6.92 Å². The van der Waals surface area contributed by atoms with Crippen molar-refractivity contribution in [3.05, 3.63) is 60.0 Å². The first-order valence-electron chi connectivity index (χ1n) is 10.4. The van der Waals surface area contributed by atoms with E-state index in [0.717, 1.165) is 0 Å². The van der Waals surface area contributed by atoms with Crippen LogP contribution < -0.4 is 10.1 Å². The molecule has 0 saturated carbocycles. The van der Waals surface area contributed by atoms with Crippen LogP contribution in [-0.4, -0.2) is 47.7 Å². The molecule has 3 aromatic heterocycles. The van der Waals surface area contributed by atoms with Crippen molar-refractivity contribution in [1.29, 1.82) is 0 Å². The van der Waals surface area contributed by atoms with Gasteiger partial charge < -0.3 is 14.5 Å². The number of pyridine rings is 1. The van der Waals surface area contributed by atoms with Crippen LogP contribution in [0.25, 0.3) is 22.5 Å². The number of sulfone groups is 1. The summed E-state index contributed by atoms with van der Waals surface area (Å²) >= 11 is 0. The Kier molecular flexibility index (Phi) is 5.16. The molecule has 1 aliphatic rings. The minimum absolute atomic E-state index is 0.00121. The second kappa shape index (κ2) is 8.04. The summed E-state index contributed by atoms with van der Waals surface area (Å²) in [4.78, 5) is 18.1. The summed E-state index contributed by atoms with van der Waals surface area (Å²) in [7, 11) is -1.57. The van der Waals surface area contributed by atoms with Gasteiger partial charge in [-0.05, 0) is 43.7 Å². The number of nitrogens with one attached hydrogen (secondary N) is 1. The summed E-state index contributed by atoms with van der Waals surface area (Å²) in [5.74, 6) is 0.887. The Morgan fingerprint density at radius 2 is 2.09 bits per heavy atom. The molecule has 33 heavy (non-hydrogen) atoms. The fourth-order valence-corrected chi connectivity index (χ4v) is 5.86. The number of benzene rings is 1. The van der Waals surface area contributed by atoms with Crippen molar-refractivity contribution in [2.24, 2.45) is 0 Å². The van der Waals surface area contributed by atoms with E-state index >= 15 is 0 Å². The molecule has 1 atom stereocenters. The fraction of sp³-hybridized carbons (Fsp3) is 0.261. The molecule has 1 amide bonds. The van der Waals surface area contributed by atoms with Gasteiger partial charge in [0.25, 0.3) is 5.91 Å². The normalized spacial score (nSPS) is 17.3. The van der Waals surface area contributed by atoms with E-state index < -0.39 is 9.84 Å². The van der Waals surface area contributed by atoms with Gasteiger partial charge in [0, 0.05) is 11.8 Å². The monoisotopic (exact) mass is 466 g/mol. The summed E-state index contributed by atoms with van der Waals surface area (Å²) in [6.07, 6.45) is 1.99. The van der Waals surface area contributed by atoms with Gasteiger partial charge in [0.2, 0.25) is 0 Å². The summed E-state index contributed by atoms with van der Waals surface area (Å²) < 4.78 is 36.6. The average molecular weight is 467 g/mol. The van der Waals surface area contributed by atoms with Crippen LogP contribution in [0.3, 0.4) is 0 Å². The number of furan rings is 1. The molecule has 1 saturated heterocycles. The van der Waals surface area contributed by atoms with E-state index in [1.54, 1.807) is 61.2 Å². The maximum Gasteiger partial charge on any atom is 0.256 e. The fourth-order valence-electron chi connectivity index (χ4n) is 4.16. The van der Waals surface area contributed by atoms with E-state index in [1.807, 2.05) is 0 Å². The summed E-state index contributed by atoms with van der Waals surface area (Å²) in [5, 5.41) is 8.08. The molecule has 0 bridgehead atoms. The van der Waals surface area contributed by atoms with E-state index in [0.29, 0.717) is 51.6 Å². The highest BCUT2D eigenvalue weighted by atomic mass is 32.2. The molecule has 1 aromatic carbocycles. The van der Waals surface area contributed by atoms with Crippen LogP contribution in [0.5, 0.6) is 5.75 Å². The Morgan fingerprint density at radius 3 is 2.79 bits per heavy atom. The lowest BCUT2D eigenvalue weighted by Crippen LogP contribution is -2.15. The SMILES string of the molecule is COc1cccc(NC(=O)c2cc(-c3ccco3)nc3c2c(C)nn3[C@@H]2CCS(=O)(=O)C2)c1. The predicted octanol–water partition coefficient (Wildman–Crippen LogP) is 3.62. The number of carbonyl (C=O) groups excluding carboxylic acids is 1. The van der Waals surface area contributed by atoms with Gasteiger partial charge >= 0.3 is 0 Å². The topological polar surface area (TPSA) is 116 Å². The third-order valence-electron chi connectivity index (χ3n) is 5.74. The molecule has 4 aromatic rings. The minimum Gasteiger partial charge on any atom is -0.497 e. The highest BCUT2D eigenvalue weighted by Gasteiger charge is 2.32. The van der Waals surface area contributed by atoms with Crippen molar-refractivity contribution in [3.63, 3.8) is 0 Å². The molecule has 0 unspecified atom stereocenters. The van der Waals surface area contributed by atoms with Gasteiger partial charge in [-0.1, -0.05) is 6.07 Å². The van der Waals surface area contributed by atoms with Crippen molar-refractivity contribution in [2.45, 2.75) is 19.4 Å². The van der Waals surface area contributed by atoms with Gasteiger partial charge in [-0.3, -0.25) is 4.79 Å². The van der Waals surface area contributed by atoms with Crippen LogP contribution >= 0.6 is 0 Å². The van der Waals surface area contributed by atoms with Crippen LogP contribution in [-0.2, 0) is 9.84 Å². The lowest BCUT2D eigenvalue weighted by Gasteiger charge is -2.12. The van der Waals surface area contributed by atoms with E-state index in [9.17, 15) is 13.2 Å². The largest absolute Gasteiger partial charge is 0.497 e. The third-order valence-corrected chi connectivity index (χ3v) is 7.49. The molecule has 0 aliphatic carbocycles. The molecule has 1 N–H and O–H groups in total. The van der Waals surface area contributed by atoms with Crippen LogP contribution in [0.1, 0.15) is 28.5 Å². The zero-order valence-corrected chi connectivity index (χ0v) is 18.9. The lowest BCUT2D eigenvalue weighted by molar-refractivity contribution is 0.102. The molecule has 10 heteroatoms. The Balaban J connectivity index is 1.64. The molecule has 0 spiro atoms. The summed E-state index contributed by atoms with van der Waals surface area (Å²) in [6, 6.07) is 11.9. The number of methoxy groups -OCH3 is 1. The number of carbonyl (C=O) groups is 1. The van der Waals surface area contributed by atoms with Gasteiger partial charge in [0.05, 0.1) is 47.6 Å². The second-order valence-corrected chi connectivity index (χ2v) is 10.2. The molecule has 1 fully saturated rings. The van der Waals surface area contributed by atoms with Gasteiger partial charge in [0.1, 0.15) is 11.4 Å². The van der Waals surface area contributed by atoms with Crippen LogP contribution in [0.4, 0.5) is 5.69 Å². The number of hydrogen-bond donors (Lipinski definition) is 1. The first-order chi connectivity index (χ1) is 15.8.